The second-order valence-corrected chi connectivity index (χ2v) is 7.59. The Labute approximate surface area is 156 Å². The molecule has 1 aliphatic rings. The molecule has 0 amide bonds. The fourth-order valence-electron chi connectivity index (χ4n) is 2.42. The Morgan fingerprint density at radius 3 is 2.36 bits per heavy atom. The van der Waals surface area contributed by atoms with Crippen LogP contribution in [0.2, 0.25) is 10.0 Å². The van der Waals surface area contributed by atoms with Gasteiger partial charge in [0.05, 0.1) is 10.0 Å². The molecule has 2 aromatic carbocycles. The van der Waals surface area contributed by atoms with Gasteiger partial charge in [-0.1, -0.05) is 68.2 Å². The van der Waals surface area contributed by atoms with E-state index in [-0.39, 0.29) is 17.0 Å². The molecule has 2 aromatic rings. The molecule has 0 unspecified atom stereocenters. The third-order valence-electron chi connectivity index (χ3n) is 3.89. The first kappa shape index (κ1) is 17.7. The number of rotatable bonds is 2. The Balaban J connectivity index is 1.92. The summed E-state index contributed by atoms with van der Waals surface area (Å²) in [5, 5.41) is 0.798. The van der Waals surface area contributed by atoms with Gasteiger partial charge in [-0.15, -0.1) is 0 Å². The molecular weight excluding hydrogens is 357 g/mol. The zero-order chi connectivity index (χ0) is 18.2. The lowest BCUT2D eigenvalue weighted by molar-refractivity contribution is -0.129. The van der Waals surface area contributed by atoms with Crippen LogP contribution in [0, 0.1) is 0 Å². The number of cyclic esters (lactones) is 1. The molecule has 1 aliphatic heterocycles. The quantitative estimate of drug-likeness (QED) is 0.504. The van der Waals surface area contributed by atoms with Gasteiger partial charge in [-0.3, -0.25) is 0 Å². The Kier molecular flexibility index (Phi) is 4.72. The minimum Gasteiger partial charge on any atom is -0.402 e. The highest BCUT2D eigenvalue weighted by Gasteiger charge is 2.25. The van der Waals surface area contributed by atoms with Crippen LogP contribution in [0.4, 0.5) is 0 Å². The van der Waals surface area contributed by atoms with Crippen LogP contribution in [0.25, 0.3) is 6.08 Å². The number of ether oxygens (including phenoxy) is 1. The number of benzene rings is 2. The van der Waals surface area contributed by atoms with Crippen LogP contribution in [0.1, 0.15) is 37.5 Å². The second kappa shape index (κ2) is 6.66. The molecule has 0 bridgehead atoms. The van der Waals surface area contributed by atoms with Crippen molar-refractivity contribution in [3.8, 4) is 0 Å². The van der Waals surface area contributed by atoms with Gasteiger partial charge in [-0.25, -0.2) is 9.79 Å². The predicted molar refractivity (Wildman–Crippen MR) is 102 cm³/mol. The molecule has 3 rings (SSSR count). The minimum atomic E-state index is -0.508. The van der Waals surface area contributed by atoms with Crippen molar-refractivity contribution >= 4 is 41.1 Å². The second-order valence-electron chi connectivity index (χ2n) is 6.81. The van der Waals surface area contributed by atoms with Crippen molar-refractivity contribution < 1.29 is 9.53 Å². The highest BCUT2D eigenvalue weighted by Crippen LogP contribution is 2.29. The molecule has 25 heavy (non-hydrogen) atoms. The van der Waals surface area contributed by atoms with E-state index in [4.69, 9.17) is 27.9 Å². The molecule has 128 valence electrons. The van der Waals surface area contributed by atoms with Gasteiger partial charge in [0.1, 0.15) is 0 Å². The number of nitrogens with zero attached hydrogens (tertiary/aromatic N) is 1. The third kappa shape index (κ3) is 3.78. The molecule has 0 aromatic heterocycles. The lowest BCUT2D eigenvalue weighted by atomic mass is 9.87. The van der Waals surface area contributed by atoms with E-state index in [0.717, 1.165) is 5.56 Å². The molecule has 0 atom stereocenters. The zero-order valence-electron chi connectivity index (χ0n) is 14.1. The summed E-state index contributed by atoms with van der Waals surface area (Å²) >= 11 is 12.2. The number of carbonyl (C=O) groups excluding carboxylic acids is 1. The first-order chi connectivity index (χ1) is 11.8. The normalized spacial score (nSPS) is 16.1. The van der Waals surface area contributed by atoms with Gasteiger partial charge in [-0.2, -0.15) is 0 Å². The van der Waals surface area contributed by atoms with Crippen LogP contribution in [-0.2, 0) is 14.9 Å². The number of carbonyl (C=O) groups is 1. The van der Waals surface area contributed by atoms with Crippen LogP contribution in [0.15, 0.2) is 53.2 Å². The summed E-state index contributed by atoms with van der Waals surface area (Å²) in [6.07, 6.45) is 1.58. The maximum absolute atomic E-state index is 12.1. The van der Waals surface area contributed by atoms with E-state index in [1.807, 2.05) is 24.3 Å². The molecule has 0 aliphatic carbocycles. The van der Waals surface area contributed by atoms with Gasteiger partial charge in [0.2, 0.25) is 5.90 Å². The first-order valence-electron chi connectivity index (χ1n) is 7.83. The summed E-state index contributed by atoms with van der Waals surface area (Å²) < 4.78 is 5.29. The average molecular weight is 374 g/mol. The molecule has 0 spiro atoms. The van der Waals surface area contributed by atoms with Gasteiger partial charge in [0, 0.05) is 5.56 Å². The van der Waals surface area contributed by atoms with Crippen LogP contribution in [0.5, 0.6) is 0 Å². The SMILES string of the molecule is CC(C)(C)c1ccc(C2=N/C(=C\c3cccc(Cl)c3Cl)C(=O)O2)cc1. The molecule has 1 heterocycles. The summed E-state index contributed by atoms with van der Waals surface area (Å²) in [6.45, 7) is 6.43. The van der Waals surface area contributed by atoms with Crippen molar-refractivity contribution in [2.75, 3.05) is 0 Å². The highest BCUT2D eigenvalue weighted by molar-refractivity contribution is 6.43. The van der Waals surface area contributed by atoms with Gasteiger partial charge in [0.25, 0.3) is 0 Å². The molecule has 0 saturated carbocycles. The monoisotopic (exact) mass is 373 g/mol. The number of aliphatic imine (C=N–C) groups is 1. The lowest BCUT2D eigenvalue weighted by Crippen LogP contribution is -2.11. The van der Waals surface area contributed by atoms with E-state index in [1.165, 1.54) is 5.56 Å². The van der Waals surface area contributed by atoms with E-state index in [9.17, 15) is 4.79 Å². The summed E-state index contributed by atoms with van der Waals surface area (Å²) in [7, 11) is 0. The maximum Gasteiger partial charge on any atom is 0.363 e. The summed E-state index contributed by atoms with van der Waals surface area (Å²) in [6, 6.07) is 13.0. The fraction of sp³-hybridized carbons (Fsp3) is 0.200. The number of esters is 1. The van der Waals surface area contributed by atoms with Crippen molar-refractivity contribution in [2.24, 2.45) is 4.99 Å². The van der Waals surface area contributed by atoms with E-state index >= 15 is 0 Å². The summed E-state index contributed by atoms with van der Waals surface area (Å²) in [5.74, 6) is -0.221. The van der Waals surface area contributed by atoms with Crippen LogP contribution in [0.3, 0.4) is 0 Å². The Hall–Kier alpha value is -2.10. The molecule has 0 saturated heterocycles. The largest absolute Gasteiger partial charge is 0.402 e. The molecule has 0 N–H and O–H groups in total. The molecular formula is C20H17Cl2NO2. The van der Waals surface area contributed by atoms with E-state index in [2.05, 4.69) is 25.8 Å². The van der Waals surface area contributed by atoms with Crippen molar-refractivity contribution in [2.45, 2.75) is 26.2 Å². The molecule has 5 heteroatoms. The average Bonchev–Trinajstić information content (AvgIpc) is 2.92. The number of hydrogen-bond donors (Lipinski definition) is 0. The molecule has 0 radical (unpaired) electrons. The van der Waals surface area contributed by atoms with Crippen LogP contribution in [-0.4, -0.2) is 11.9 Å². The van der Waals surface area contributed by atoms with Crippen molar-refractivity contribution in [1.29, 1.82) is 0 Å². The van der Waals surface area contributed by atoms with Gasteiger partial charge in [0.15, 0.2) is 5.70 Å². The molecule has 3 nitrogen and oxygen atoms in total. The Bertz CT molecular complexity index is 891. The van der Waals surface area contributed by atoms with Crippen molar-refractivity contribution in [3.63, 3.8) is 0 Å². The van der Waals surface area contributed by atoms with Crippen LogP contribution >= 0.6 is 23.2 Å². The topological polar surface area (TPSA) is 38.7 Å². The van der Waals surface area contributed by atoms with E-state index in [0.29, 0.717) is 15.6 Å². The Morgan fingerprint density at radius 1 is 1.04 bits per heavy atom. The van der Waals surface area contributed by atoms with Gasteiger partial charge >= 0.3 is 5.97 Å². The lowest BCUT2D eigenvalue weighted by Gasteiger charge is -2.18. The van der Waals surface area contributed by atoms with Crippen molar-refractivity contribution in [3.05, 3.63) is 74.9 Å². The number of halogens is 2. The highest BCUT2D eigenvalue weighted by atomic mass is 35.5. The maximum atomic E-state index is 12.1. The van der Waals surface area contributed by atoms with E-state index < -0.39 is 5.97 Å². The standard InChI is InChI=1S/C20H17Cl2NO2/c1-20(2,3)14-9-7-12(8-10-14)18-23-16(19(24)25-18)11-13-5-4-6-15(21)17(13)22/h4-11H,1-3H3/b16-11-. The van der Waals surface area contributed by atoms with Gasteiger partial charge < -0.3 is 4.74 Å². The third-order valence-corrected chi connectivity index (χ3v) is 4.73. The smallest absolute Gasteiger partial charge is 0.363 e. The van der Waals surface area contributed by atoms with Gasteiger partial charge in [-0.05, 0) is 40.8 Å². The fourth-order valence-corrected chi connectivity index (χ4v) is 2.79. The molecule has 0 fully saturated rings. The summed E-state index contributed by atoms with van der Waals surface area (Å²) in [4.78, 5) is 16.4. The summed E-state index contributed by atoms with van der Waals surface area (Å²) in [5.41, 5.74) is 2.82. The van der Waals surface area contributed by atoms with E-state index in [1.54, 1.807) is 24.3 Å². The minimum absolute atomic E-state index is 0.0566. The zero-order valence-corrected chi connectivity index (χ0v) is 15.7. The number of hydrogen-bond acceptors (Lipinski definition) is 3. The predicted octanol–water partition coefficient (Wildman–Crippen LogP) is 5.64. The Morgan fingerprint density at radius 2 is 1.72 bits per heavy atom. The first-order valence-corrected chi connectivity index (χ1v) is 8.59. The van der Waals surface area contributed by atoms with Crippen molar-refractivity contribution in [1.82, 2.24) is 0 Å². The van der Waals surface area contributed by atoms with Crippen LogP contribution < -0.4 is 0 Å².